The Morgan fingerprint density at radius 3 is 2.35 bits per heavy atom. The number of likely N-dealkylation sites (tertiary alicyclic amines) is 1. The van der Waals surface area contributed by atoms with E-state index in [1.807, 2.05) is 35.2 Å². The number of para-hydroxylation sites is 1. The van der Waals surface area contributed by atoms with Crippen LogP contribution in [0, 0.1) is 5.82 Å². The number of anilines is 1. The predicted octanol–water partition coefficient (Wildman–Crippen LogP) is 3.67. The van der Waals surface area contributed by atoms with Crippen molar-refractivity contribution in [3.63, 3.8) is 0 Å². The summed E-state index contributed by atoms with van der Waals surface area (Å²) in [7, 11) is 0. The minimum Gasteiger partial charge on any atom is -0.361 e. The molecule has 1 aliphatic carbocycles. The van der Waals surface area contributed by atoms with Crippen LogP contribution in [0.25, 0.3) is 0 Å². The molecule has 162 valence electrons. The fourth-order valence-corrected chi connectivity index (χ4v) is 5.50. The maximum absolute atomic E-state index is 13.8. The fraction of sp³-hybridized carbons (Fsp3) is 0.440. The van der Waals surface area contributed by atoms with E-state index in [-0.39, 0.29) is 24.2 Å². The van der Waals surface area contributed by atoms with Gasteiger partial charge in [-0.05, 0) is 49.1 Å². The van der Waals surface area contributed by atoms with Crippen LogP contribution < -0.4 is 4.90 Å². The van der Waals surface area contributed by atoms with E-state index in [4.69, 9.17) is 4.74 Å². The van der Waals surface area contributed by atoms with Crippen molar-refractivity contribution >= 4 is 17.5 Å². The third-order valence-electron chi connectivity index (χ3n) is 7.18. The summed E-state index contributed by atoms with van der Waals surface area (Å²) in [6.45, 7) is 1.56. The van der Waals surface area contributed by atoms with E-state index in [0.717, 1.165) is 36.9 Å². The van der Waals surface area contributed by atoms with Crippen LogP contribution in [0.4, 0.5) is 10.1 Å². The highest BCUT2D eigenvalue weighted by Gasteiger charge is 2.51. The van der Waals surface area contributed by atoms with Gasteiger partial charge in [-0.3, -0.25) is 9.59 Å². The minimum absolute atomic E-state index is 0.0278. The highest BCUT2D eigenvalue weighted by molar-refractivity contribution is 5.95. The molecule has 2 saturated heterocycles. The molecule has 2 amide bonds. The maximum Gasteiger partial charge on any atom is 0.253 e. The molecular formula is C25H27FN2O3. The van der Waals surface area contributed by atoms with Gasteiger partial charge in [0.1, 0.15) is 18.0 Å². The summed E-state index contributed by atoms with van der Waals surface area (Å²) in [5.41, 5.74) is 0.645. The Morgan fingerprint density at radius 1 is 0.935 bits per heavy atom. The van der Waals surface area contributed by atoms with Crippen LogP contribution in [0.1, 0.15) is 37.7 Å². The maximum atomic E-state index is 13.8. The first kappa shape index (κ1) is 20.2. The highest BCUT2D eigenvalue weighted by Crippen LogP contribution is 2.44. The van der Waals surface area contributed by atoms with Crippen molar-refractivity contribution in [2.45, 2.75) is 43.1 Å². The van der Waals surface area contributed by atoms with Crippen molar-refractivity contribution in [2.75, 3.05) is 31.1 Å². The third-order valence-corrected chi connectivity index (χ3v) is 7.18. The number of ether oxygens (including phenoxy) is 1. The Labute approximate surface area is 181 Å². The van der Waals surface area contributed by atoms with Gasteiger partial charge in [0.15, 0.2) is 0 Å². The first-order valence-electron chi connectivity index (χ1n) is 11.1. The number of rotatable bonds is 3. The summed E-state index contributed by atoms with van der Waals surface area (Å²) in [5, 5.41) is 0. The van der Waals surface area contributed by atoms with Crippen LogP contribution in [0.2, 0.25) is 0 Å². The molecule has 3 aliphatic rings. The SMILES string of the molecule is O=C1CO[C@@]2(CCN(C(=O)C3(c4ccc(F)cc4)CCCC3)C2)CN1c1ccccc1. The lowest BCUT2D eigenvalue weighted by molar-refractivity contribution is -0.141. The Bertz CT molecular complexity index is 972. The zero-order valence-electron chi connectivity index (χ0n) is 17.6. The monoisotopic (exact) mass is 422 g/mol. The van der Waals surface area contributed by atoms with E-state index in [1.165, 1.54) is 12.1 Å². The van der Waals surface area contributed by atoms with Crippen molar-refractivity contribution in [1.82, 2.24) is 4.90 Å². The Balaban J connectivity index is 1.37. The molecule has 1 spiro atoms. The van der Waals surface area contributed by atoms with Gasteiger partial charge < -0.3 is 14.5 Å². The molecule has 2 aliphatic heterocycles. The smallest absolute Gasteiger partial charge is 0.253 e. The van der Waals surface area contributed by atoms with Gasteiger partial charge in [-0.25, -0.2) is 4.39 Å². The average Bonchev–Trinajstić information content (AvgIpc) is 3.45. The number of morpholine rings is 1. The van der Waals surface area contributed by atoms with E-state index in [9.17, 15) is 14.0 Å². The van der Waals surface area contributed by atoms with Crippen LogP contribution in [-0.4, -0.2) is 48.6 Å². The van der Waals surface area contributed by atoms with E-state index in [0.29, 0.717) is 26.1 Å². The van der Waals surface area contributed by atoms with Gasteiger partial charge in [0.25, 0.3) is 5.91 Å². The Morgan fingerprint density at radius 2 is 1.65 bits per heavy atom. The standard InChI is InChI=1S/C25H27FN2O3/c26-20-10-8-19(9-11-20)25(12-4-5-13-25)23(30)27-15-14-24(17-27)18-28(22(29)16-31-24)21-6-2-1-3-7-21/h1-3,6-11H,4-5,12-18H2/t24-/m1/s1. The summed E-state index contributed by atoms with van der Waals surface area (Å²) in [6.07, 6.45) is 4.27. The molecule has 5 rings (SSSR count). The second-order valence-corrected chi connectivity index (χ2v) is 9.06. The van der Waals surface area contributed by atoms with E-state index < -0.39 is 11.0 Å². The molecule has 1 saturated carbocycles. The quantitative estimate of drug-likeness (QED) is 0.758. The molecular weight excluding hydrogens is 395 g/mol. The van der Waals surface area contributed by atoms with Crippen LogP contribution in [0.15, 0.2) is 54.6 Å². The number of halogens is 1. The highest BCUT2D eigenvalue weighted by atomic mass is 19.1. The van der Waals surface area contributed by atoms with Gasteiger partial charge in [0, 0.05) is 12.2 Å². The molecule has 0 unspecified atom stereocenters. The van der Waals surface area contributed by atoms with Gasteiger partial charge in [0.05, 0.1) is 18.5 Å². The largest absolute Gasteiger partial charge is 0.361 e. The van der Waals surface area contributed by atoms with E-state index >= 15 is 0 Å². The first-order valence-corrected chi connectivity index (χ1v) is 11.1. The second-order valence-electron chi connectivity index (χ2n) is 9.06. The van der Waals surface area contributed by atoms with Gasteiger partial charge in [-0.1, -0.05) is 43.2 Å². The molecule has 2 aromatic carbocycles. The lowest BCUT2D eigenvalue weighted by atomic mass is 9.77. The first-order chi connectivity index (χ1) is 15.0. The van der Waals surface area contributed by atoms with Crippen LogP contribution in [0.3, 0.4) is 0 Å². The second kappa shape index (κ2) is 7.75. The Kier molecular flexibility index (Phi) is 5.05. The lowest BCUT2D eigenvalue weighted by Crippen LogP contribution is -2.57. The van der Waals surface area contributed by atoms with Crippen LogP contribution in [0.5, 0.6) is 0 Å². The number of carbonyl (C=O) groups excluding carboxylic acids is 2. The molecule has 0 radical (unpaired) electrons. The van der Waals surface area contributed by atoms with Crippen molar-refractivity contribution in [3.8, 4) is 0 Å². The normalized spacial score (nSPS) is 25.4. The number of carbonyl (C=O) groups is 2. The summed E-state index contributed by atoms with van der Waals surface area (Å²) < 4.78 is 19.6. The van der Waals surface area contributed by atoms with E-state index in [2.05, 4.69) is 0 Å². The number of amides is 2. The molecule has 31 heavy (non-hydrogen) atoms. The molecule has 2 heterocycles. The van der Waals surface area contributed by atoms with Gasteiger partial charge >= 0.3 is 0 Å². The molecule has 1 atom stereocenters. The molecule has 3 fully saturated rings. The van der Waals surface area contributed by atoms with Crippen molar-refractivity contribution in [2.24, 2.45) is 0 Å². The lowest BCUT2D eigenvalue weighted by Gasteiger charge is -2.40. The van der Waals surface area contributed by atoms with Crippen LogP contribution >= 0.6 is 0 Å². The third kappa shape index (κ3) is 3.53. The zero-order chi connectivity index (χ0) is 21.5. The van der Waals surface area contributed by atoms with Gasteiger partial charge in [-0.15, -0.1) is 0 Å². The summed E-state index contributed by atoms with van der Waals surface area (Å²) >= 11 is 0. The zero-order valence-corrected chi connectivity index (χ0v) is 17.6. The van der Waals surface area contributed by atoms with Gasteiger partial charge in [-0.2, -0.15) is 0 Å². The van der Waals surface area contributed by atoms with Crippen molar-refractivity contribution < 1.29 is 18.7 Å². The summed E-state index contributed by atoms with van der Waals surface area (Å²) in [5.74, 6) is -0.230. The molecule has 6 heteroatoms. The molecule has 0 aromatic heterocycles. The number of benzene rings is 2. The number of hydrogen-bond donors (Lipinski definition) is 0. The summed E-state index contributed by atoms with van der Waals surface area (Å²) in [4.78, 5) is 30.0. The topological polar surface area (TPSA) is 49.9 Å². The number of hydrogen-bond acceptors (Lipinski definition) is 3. The molecule has 0 N–H and O–H groups in total. The average molecular weight is 423 g/mol. The van der Waals surface area contributed by atoms with E-state index in [1.54, 1.807) is 17.0 Å². The molecule has 5 nitrogen and oxygen atoms in total. The minimum atomic E-state index is -0.581. The molecule has 0 bridgehead atoms. The van der Waals surface area contributed by atoms with Crippen molar-refractivity contribution in [3.05, 3.63) is 66.0 Å². The number of nitrogens with zero attached hydrogens (tertiary/aromatic N) is 2. The van der Waals surface area contributed by atoms with Crippen LogP contribution in [-0.2, 0) is 19.7 Å². The van der Waals surface area contributed by atoms with Gasteiger partial charge in [0.2, 0.25) is 5.91 Å². The fourth-order valence-electron chi connectivity index (χ4n) is 5.50. The Hall–Kier alpha value is -2.73. The van der Waals surface area contributed by atoms with Crippen molar-refractivity contribution in [1.29, 1.82) is 0 Å². The summed E-state index contributed by atoms with van der Waals surface area (Å²) in [6, 6.07) is 16.0. The molecule has 2 aromatic rings. The predicted molar refractivity (Wildman–Crippen MR) is 115 cm³/mol.